The van der Waals surface area contributed by atoms with Crippen molar-refractivity contribution in [2.45, 2.75) is 206 Å². The third kappa shape index (κ3) is 18.1. The van der Waals surface area contributed by atoms with Crippen LogP contribution in [0.25, 0.3) is 0 Å². The number of aliphatic hydroxyl groups is 4. The van der Waals surface area contributed by atoms with Crippen LogP contribution >= 0.6 is 0 Å². The van der Waals surface area contributed by atoms with E-state index in [4.69, 9.17) is 28.4 Å². The summed E-state index contributed by atoms with van der Waals surface area (Å²) in [7, 11) is 3.19. The summed E-state index contributed by atoms with van der Waals surface area (Å²) in [6.07, 6.45) is 13.6. The minimum atomic E-state index is -2.48. The maximum absolute atomic E-state index is 14.6. The first-order chi connectivity index (χ1) is 34.4. The zero-order chi connectivity index (χ0) is 54.2. The van der Waals surface area contributed by atoms with Crippen molar-refractivity contribution in [2.75, 3.05) is 40.6 Å². The van der Waals surface area contributed by atoms with E-state index in [2.05, 4.69) is 26.5 Å². The first-order valence-electron chi connectivity index (χ1n) is 27.1. The fraction of sp³-hybridized carbons (Fsp3) is 0.759. The molecule has 3 aliphatic heterocycles. The maximum Gasteiger partial charge on any atom is 0.329 e. The number of nitrogens with zero attached hydrogens (tertiary/aromatic N) is 1. The number of carbonyl (C=O) groups is 4. The number of hydrogen-bond donors (Lipinski definition) is 4. The van der Waals surface area contributed by atoms with Crippen molar-refractivity contribution in [3.8, 4) is 0 Å². The highest BCUT2D eigenvalue weighted by Gasteiger charge is 2.53. The van der Waals surface area contributed by atoms with Gasteiger partial charge in [0.2, 0.25) is 5.79 Å². The Morgan fingerprint density at radius 3 is 2.30 bits per heavy atom. The van der Waals surface area contributed by atoms with Crippen molar-refractivity contribution in [1.82, 2.24) is 4.90 Å². The van der Waals surface area contributed by atoms with Gasteiger partial charge in [0.05, 0.1) is 36.6 Å². The molecule has 15 nitrogen and oxygen atoms in total. The molecule has 0 aromatic carbocycles. The van der Waals surface area contributed by atoms with E-state index in [0.29, 0.717) is 57.1 Å². The zero-order valence-corrected chi connectivity index (χ0v) is 46.1. The quantitative estimate of drug-likeness (QED) is 0.0639. The van der Waals surface area contributed by atoms with E-state index < -0.39 is 77.4 Å². The molecule has 0 aromatic heterocycles. The molecule has 73 heavy (non-hydrogen) atoms. The lowest BCUT2D eigenvalue weighted by molar-refractivity contribution is -0.266. The number of cyclic esters (lactones) is 1. The zero-order valence-electron chi connectivity index (χ0n) is 46.1. The van der Waals surface area contributed by atoms with Gasteiger partial charge in [0, 0.05) is 58.7 Å². The van der Waals surface area contributed by atoms with Crippen molar-refractivity contribution >= 4 is 23.4 Å². The van der Waals surface area contributed by atoms with Gasteiger partial charge in [0.1, 0.15) is 30.1 Å². The van der Waals surface area contributed by atoms with E-state index in [1.807, 2.05) is 38.2 Å². The molecule has 0 radical (unpaired) electrons. The van der Waals surface area contributed by atoms with E-state index in [1.165, 1.54) is 12.0 Å². The number of hydrogen-bond acceptors (Lipinski definition) is 14. The molecule has 1 aliphatic carbocycles. The van der Waals surface area contributed by atoms with Crippen molar-refractivity contribution in [2.24, 2.45) is 35.5 Å². The Labute approximate surface area is 436 Å². The van der Waals surface area contributed by atoms with E-state index in [9.17, 15) is 39.6 Å². The van der Waals surface area contributed by atoms with Crippen LogP contribution in [0.15, 0.2) is 59.8 Å². The predicted octanol–water partition coefficient (Wildman–Crippen LogP) is 7.72. The van der Waals surface area contributed by atoms with Crippen LogP contribution in [-0.2, 0) is 47.6 Å². The maximum atomic E-state index is 14.6. The van der Waals surface area contributed by atoms with Crippen LogP contribution in [-0.4, -0.2) is 150 Å². The van der Waals surface area contributed by atoms with E-state index in [1.54, 1.807) is 47.8 Å². The number of aliphatic hydroxyl groups excluding tert-OH is 2. The highest BCUT2D eigenvalue weighted by atomic mass is 16.6. The second-order valence-electron chi connectivity index (χ2n) is 22.6. The topological polar surface area (TPSA) is 208 Å². The smallest absolute Gasteiger partial charge is 0.329 e. The minimum Gasteiger partial charge on any atom is -0.460 e. The van der Waals surface area contributed by atoms with Gasteiger partial charge in [0.15, 0.2) is 0 Å². The van der Waals surface area contributed by atoms with Gasteiger partial charge in [0.25, 0.3) is 11.7 Å². The normalized spacial score (nSPS) is 37.5. The number of carbonyl (C=O) groups excluding carboxylic acids is 4. The second kappa shape index (κ2) is 29.2. The standard InChI is InChI=1S/C58H93NO14/c1-36-19-14-13-15-20-37(2)49(71-35-57(9,10)66)33-45-24-22-42(7)58(67,73-45)54(63)55(64)59-26-17-16-21-46(59)56(65)72-50(40(5)31-44-23-25-48(51(32-44)68-11)70-28-18-27-60)34-47(61)39(4)30-41(6)52(62)53(69-12)43(8)38(3)29-36/h13-15,19-20,30,36,38-40,42,44-46,48-53,60,62,66-67H,8,16-18,21-29,31-35H2,1-7,9-12H3/b15-13+,19-14+,37-20+,41-30+/t36-,38-,39-,40+,42-,44+,45+,46+,48-,49?,50+,51-,52-,53+,58-/m1/s1. The summed E-state index contributed by atoms with van der Waals surface area (Å²) in [5, 5.41) is 43.7. The lowest BCUT2D eigenvalue weighted by atomic mass is 9.78. The highest BCUT2D eigenvalue weighted by Crippen LogP contribution is 2.38. The molecular formula is C58H93NO14. The summed E-state index contributed by atoms with van der Waals surface area (Å²) >= 11 is 0. The Balaban J connectivity index is 1.72. The van der Waals surface area contributed by atoms with E-state index in [-0.39, 0.29) is 80.7 Å². The lowest BCUT2D eigenvalue weighted by Gasteiger charge is -2.43. The van der Waals surface area contributed by atoms with Gasteiger partial charge in [-0.2, -0.15) is 0 Å². The molecule has 15 atom stereocenters. The molecule has 3 heterocycles. The van der Waals surface area contributed by atoms with Gasteiger partial charge >= 0.3 is 5.97 Å². The Morgan fingerprint density at radius 1 is 0.904 bits per heavy atom. The highest BCUT2D eigenvalue weighted by molar-refractivity contribution is 6.39. The number of rotatable bonds is 12. The molecule has 4 N–H and O–H groups in total. The number of piperidine rings is 1. The molecule has 4 aliphatic rings. The van der Waals surface area contributed by atoms with Gasteiger partial charge in [-0.1, -0.05) is 77.7 Å². The number of ketones is 2. The molecule has 1 unspecified atom stereocenters. The van der Waals surface area contributed by atoms with Gasteiger partial charge < -0.3 is 53.7 Å². The number of esters is 1. The van der Waals surface area contributed by atoms with Gasteiger partial charge in [-0.3, -0.25) is 14.4 Å². The molecule has 0 spiro atoms. The molecule has 3 fully saturated rings. The number of ether oxygens (including phenoxy) is 6. The molecule has 15 heteroatoms. The van der Waals surface area contributed by atoms with Crippen LogP contribution in [0.1, 0.15) is 146 Å². The molecule has 414 valence electrons. The van der Waals surface area contributed by atoms with Crippen LogP contribution in [0.4, 0.5) is 0 Å². The SMILES string of the molecule is C=C1[C@H](C)C[C@H](C)/C=C/C=C/C=C(\C)C(OCC(C)(C)O)C[C@@H]2CC[C@@H](C)[C@@](O)(O2)C(=O)C(=O)N2CCCC[C@H]2C(=O)O[C@H]([C@@H](C)C[C@@H]2CC[C@@H](OCCCO)[C@H](OC)C2)CC(=O)[C@H](C)/C=C(\C)[C@@H](O)[C@H]1OC. The fourth-order valence-electron chi connectivity index (χ4n) is 10.9. The van der Waals surface area contributed by atoms with Crippen molar-refractivity contribution in [1.29, 1.82) is 0 Å². The third-order valence-corrected chi connectivity index (χ3v) is 15.7. The largest absolute Gasteiger partial charge is 0.460 e. The van der Waals surface area contributed by atoms with Crippen LogP contribution in [0, 0.1) is 35.5 Å². The summed E-state index contributed by atoms with van der Waals surface area (Å²) in [4.78, 5) is 59.0. The minimum absolute atomic E-state index is 0.00575. The Bertz CT molecular complexity index is 1940. The van der Waals surface area contributed by atoms with E-state index in [0.717, 1.165) is 30.4 Å². The molecule has 4 rings (SSSR count). The van der Waals surface area contributed by atoms with Crippen LogP contribution in [0.5, 0.6) is 0 Å². The fourth-order valence-corrected chi connectivity index (χ4v) is 10.9. The summed E-state index contributed by atoms with van der Waals surface area (Å²) in [6, 6.07) is -1.15. The van der Waals surface area contributed by atoms with Gasteiger partial charge in [-0.15, -0.1) is 0 Å². The molecule has 2 saturated heterocycles. The van der Waals surface area contributed by atoms with Crippen molar-refractivity contribution in [3.05, 3.63) is 59.8 Å². The first-order valence-corrected chi connectivity index (χ1v) is 27.1. The molecular weight excluding hydrogens is 935 g/mol. The Kier molecular flexibility index (Phi) is 24.9. The number of amides is 1. The number of methoxy groups -OCH3 is 2. The third-order valence-electron chi connectivity index (χ3n) is 15.7. The molecule has 1 amide bonds. The van der Waals surface area contributed by atoms with Crippen molar-refractivity contribution < 1.29 is 68.0 Å². The average Bonchev–Trinajstić information content (AvgIpc) is 3.35. The van der Waals surface area contributed by atoms with Gasteiger partial charge in [-0.05, 0) is 139 Å². The van der Waals surface area contributed by atoms with Crippen LogP contribution in [0.2, 0.25) is 0 Å². The van der Waals surface area contributed by atoms with Crippen LogP contribution < -0.4 is 0 Å². The van der Waals surface area contributed by atoms with Crippen LogP contribution in [0.3, 0.4) is 0 Å². The average molecular weight is 1030 g/mol. The molecule has 2 bridgehead atoms. The second-order valence-corrected chi connectivity index (χ2v) is 22.6. The molecule has 1 saturated carbocycles. The predicted molar refractivity (Wildman–Crippen MR) is 280 cm³/mol. The Morgan fingerprint density at radius 2 is 1.63 bits per heavy atom. The number of Topliss-reactive ketones (excluding diaryl/α,β-unsaturated/α-hetero) is 2. The van der Waals surface area contributed by atoms with Gasteiger partial charge in [-0.25, -0.2) is 4.79 Å². The Hall–Kier alpha value is -3.38. The lowest BCUT2D eigenvalue weighted by Crippen LogP contribution is -2.61. The number of fused-ring (bicyclic) bond motifs is 3. The van der Waals surface area contributed by atoms with E-state index >= 15 is 0 Å². The molecule has 0 aromatic rings. The summed E-state index contributed by atoms with van der Waals surface area (Å²) in [5.74, 6) is -7.10. The van der Waals surface area contributed by atoms with Crippen molar-refractivity contribution in [3.63, 3.8) is 0 Å². The summed E-state index contributed by atoms with van der Waals surface area (Å²) in [5.41, 5.74) is 0.944. The summed E-state index contributed by atoms with van der Waals surface area (Å²) < 4.78 is 36.7. The first kappa shape index (κ1) is 62.2. The monoisotopic (exact) mass is 1030 g/mol. The summed E-state index contributed by atoms with van der Waals surface area (Å²) in [6.45, 7) is 21.4. The number of allylic oxidation sites excluding steroid dienone is 6.